The third-order valence-electron chi connectivity index (χ3n) is 3.89. The molecule has 0 aliphatic rings. The molecule has 1 aromatic carbocycles. The molecule has 0 radical (unpaired) electrons. The largest absolute Gasteiger partial charge is 0.481 e. The van der Waals surface area contributed by atoms with E-state index >= 15 is 0 Å². The zero-order valence-electron chi connectivity index (χ0n) is 15.5. The number of ether oxygens (including phenoxy) is 1. The van der Waals surface area contributed by atoms with Crippen molar-refractivity contribution in [1.82, 2.24) is 15.6 Å². The number of amides is 2. The van der Waals surface area contributed by atoms with Gasteiger partial charge < -0.3 is 25.5 Å². The number of aliphatic carboxylic acids is 1. The minimum absolute atomic E-state index is 0.0126. The molecule has 4 N–H and O–H groups in total. The summed E-state index contributed by atoms with van der Waals surface area (Å²) in [5, 5.41) is 14.8. The Hall–Kier alpha value is -3.03. The van der Waals surface area contributed by atoms with Gasteiger partial charge in [0.25, 0.3) is 0 Å². The Morgan fingerprint density at radius 2 is 1.96 bits per heavy atom. The van der Waals surface area contributed by atoms with E-state index in [1.165, 1.54) is 0 Å². The molecule has 2 aromatic rings. The molecular formula is C19H25N3O5. The van der Waals surface area contributed by atoms with Crippen LogP contribution in [0.15, 0.2) is 30.5 Å². The van der Waals surface area contributed by atoms with Crippen LogP contribution in [0.1, 0.15) is 25.8 Å². The molecule has 0 saturated carbocycles. The number of carboxylic acids is 1. The van der Waals surface area contributed by atoms with Crippen molar-refractivity contribution < 1.29 is 24.2 Å². The predicted octanol–water partition coefficient (Wildman–Crippen LogP) is 2.05. The third kappa shape index (κ3) is 6.32. The smallest absolute Gasteiger partial charge is 0.407 e. The summed E-state index contributed by atoms with van der Waals surface area (Å²) < 4.78 is 5.10. The van der Waals surface area contributed by atoms with Crippen LogP contribution in [0.4, 0.5) is 4.79 Å². The molecule has 146 valence electrons. The molecule has 0 bridgehead atoms. The van der Waals surface area contributed by atoms with Crippen molar-refractivity contribution in [1.29, 1.82) is 0 Å². The molecule has 2 rings (SSSR count). The second kappa shape index (κ2) is 9.61. The Bertz CT molecular complexity index is 799. The van der Waals surface area contributed by atoms with Gasteiger partial charge in [-0.3, -0.25) is 9.59 Å². The maximum absolute atomic E-state index is 12.5. The van der Waals surface area contributed by atoms with E-state index in [2.05, 4.69) is 15.6 Å². The average Bonchev–Trinajstić information content (AvgIpc) is 3.02. The van der Waals surface area contributed by atoms with Crippen molar-refractivity contribution in [2.24, 2.45) is 5.92 Å². The van der Waals surface area contributed by atoms with Crippen LogP contribution in [-0.2, 0) is 20.7 Å². The minimum Gasteiger partial charge on any atom is -0.481 e. The number of aromatic nitrogens is 1. The van der Waals surface area contributed by atoms with Gasteiger partial charge in [-0.05, 0) is 17.5 Å². The average molecular weight is 375 g/mol. The van der Waals surface area contributed by atoms with Gasteiger partial charge in [0.15, 0.2) is 0 Å². The fourth-order valence-electron chi connectivity index (χ4n) is 2.57. The van der Waals surface area contributed by atoms with Crippen LogP contribution >= 0.6 is 0 Å². The fraction of sp³-hybridized carbons (Fsp3) is 0.421. The quantitative estimate of drug-likeness (QED) is 0.535. The van der Waals surface area contributed by atoms with Gasteiger partial charge in [0.1, 0.15) is 6.04 Å². The van der Waals surface area contributed by atoms with E-state index in [9.17, 15) is 14.4 Å². The topological polar surface area (TPSA) is 121 Å². The second-order valence-corrected chi connectivity index (χ2v) is 6.69. The van der Waals surface area contributed by atoms with Gasteiger partial charge in [-0.1, -0.05) is 32.0 Å². The monoisotopic (exact) mass is 375 g/mol. The van der Waals surface area contributed by atoms with E-state index in [0.717, 1.165) is 16.5 Å². The number of H-pyrrole nitrogens is 1. The van der Waals surface area contributed by atoms with Gasteiger partial charge in [-0.25, -0.2) is 4.79 Å². The van der Waals surface area contributed by atoms with Crippen molar-refractivity contribution in [2.45, 2.75) is 32.7 Å². The van der Waals surface area contributed by atoms with E-state index < -0.39 is 24.0 Å². The molecule has 2 amide bonds. The summed E-state index contributed by atoms with van der Waals surface area (Å²) in [6.07, 6.45) is 1.17. The Kier molecular flexibility index (Phi) is 7.22. The molecule has 0 spiro atoms. The Morgan fingerprint density at radius 3 is 2.67 bits per heavy atom. The summed E-state index contributed by atoms with van der Waals surface area (Å²) in [5.74, 6) is -1.29. The first-order valence-electron chi connectivity index (χ1n) is 8.84. The number of carbonyl (C=O) groups excluding carboxylic acids is 2. The van der Waals surface area contributed by atoms with Crippen molar-refractivity contribution in [3.05, 3.63) is 36.0 Å². The maximum Gasteiger partial charge on any atom is 0.407 e. The van der Waals surface area contributed by atoms with Crippen LogP contribution in [0.5, 0.6) is 0 Å². The number of carbonyl (C=O) groups is 3. The predicted molar refractivity (Wildman–Crippen MR) is 100 cm³/mol. The molecule has 0 saturated heterocycles. The first-order valence-corrected chi connectivity index (χ1v) is 8.84. The number of fused-ring (bicyclic) bond motifs is 1. The number of nitrogens with one attached hydrogen (secondary N) is 3. The summed E-state index contributed by atoms with van der Waals surface area (Å²) in [5.41, 5.74) is 1.80. The molecule has 1 atom stereocenters. The highest BCUT2D eigenvalue weighted by Crippen LogP contribution is 2.19. The molecule has 1 aromatic heterocycles. The van der Waals surface area contributed by atoms with Gasteiger partial charge in [0, 0.05) is 30.1 Å². The summed E-state index contributed by atoms with van der Waals surface area (Å²) in [6.45, 7) is 4.05. The number of rotatable bonds is 9. The van der Waals surface area contributed by atoms with Gasteiger partial charge in [-0.15, -0.1) is 0 Å². The molecule has 0 aliphatic heterocycles. The third-order valence-corrected chi connectivity index (χ3v) is 3.89. The van der Waals surface area contributed by atoms with Crippen LogP contribution < -0.4 is 10.6 Å². The number of hydrogen-bond acceptors (Lipinski definition) is 4. The number of carboxylic acid groups (broad SMARTS) is 1. The van der Waals surface area contributed by atoms with Crippen molar-refractivity contribution in [3.63, 3.8) is 0 Å². The van der Waals surface area contributed by atoms with Crippen LogP contribution in [0, 0.1) is 5.92 Å². The Labute approximate surface area is 157 Å². The Morgan fingerprint density at radius 1 is 1.22 bits per heavy atom. The highest BCUT2D eigenvalue weighted by Gasteiger charge is 2.23. The van der Waals surface area contributed by atoms with E-state index in [4.69, 9.17) is 9.84 Å². The van der Waals surface area contributed by atoms with Crippen LogP contribution in [0.3, 0.4) is 0 Å². The summed E-state index contributed by atoms with van der Waals surface area (Å²) in [7, 11) is 0. The molecule has 8 nitrogen and oxygen atoms in total. The lowest BCUT2D eigenvalue weighted by Crippen LogP contribution is -2.48. The lowest BCUT2D eigenvalue weighted by atomic mass is 10.0. The maximum atomic E-state index is 12.5. The molecule has 0 fully saturated rings. The molecular weight excluding hydrogens is 350 g/mol. The van der Waals surface area contributed by atoms with E-state index in [1.54, 1.807) is 6.20 Å². The number of aromatic amines is 1. The zero-order chi connectivity index (χ0) is 19.8. The SMILES string of the molecule is CC(C)COC(=O)N[C@@H](Cc1c[nH]c2ccccc12)C(=O)NCCC(=O)O. The fourth-order valence-corrected chi connectivity index (χ4v) is 2.57. The summed E-state index contributed by atoms with van der Waals surface area (Å²) in [4.78, 5) is 38.3. The molecule has 27 heavy (non-hydrogen) atoms. The van der Waals surface area contributed by atoms with Crippen LogP contribution in [-0.4, -0.2) is 47.3 Å². The van der Waals surface area contributed by atoms with E-state index in [0.29, 0.717) is 0 Å². The number of para-hydroxylation sites is 1. The van der Waals surface area contributed by atoms with Crippen molar-refractivity contribution in [2.75, 3.05) is 13.2 Å². The zero-order valence-corrected chi connectivity index (χ0v) is 15.5. The van der Waals surface area contributed by atoms with Gasteiger partial charge in [0.2, 0.25) is 5.91 Å². The molecule has 8 heteroatoms. The van der Waals surface area contributed by atoms with Gasteiger partial charge in [-0.2, -0.15) is 0 Å². The van der Waals surface area contributed by atoms with E-state index in [-0.39, 0.29) is 31.9 Å². The van der Waals surface area contributed by atoms with E-state index in [1.807, 2.05) is 38.1 Å². The first kappa shape index (κ1) is 20.3. The Balaban J connectivity index is 2.09. The van der Waals surface area contributed by atoms with Gasteiger partial charge in [0.05, 0.1) is 13.0 Å². The molecule has 0 unspecified atom stereocenters. The first-order chi connectivity index (χ1) is 12.9. The number of alkyl carbamates (subject to hydrolysis) is 1. The molecule has 1 heterocycles. The minimum atomic E-state index is -1.01. The van der Waals surface area contributed by atoms with Crippen LogP contribution in [0.25, 0.3) is 10.9 Å². The lowest BCUT2D eigenvalue weighted by Gasteiger charge is -2.18. The van der Waals surface area contributed by atoms with Crippen molar-refractivity contribution in [3.8, 4) is 0 Å². The standard InChI is InChI=1S/C19H25N3O5/c1-12(2)11-27-19(26)22-16(18(25)20-8-7-17(23)24)9-13-10-21-15-6-4-3-5-14(13)15/h3-6,10,12,16,21H,7-9,11H2,1-2H3,(H,20,25)(H,22,26)(H,23,24)/t16-/m0/s1. The van der Waals surface area contributed by atoms with Gasteiger partial charge >= 0.3 is 12.1 Å². The summed E-state index contributed by atoms with van der Waals surface area (Å²) in [6, 6.07) is 6.77. The summed E-state index contributed by atoms with van der Waals surface area (Å²) >= 11 is 0. The number of benzene rings is 1. The highest BCUT2D eigenvalue weighted by atomic mass is 16.5. The van der Waals surface area contributed by atoms with Crippen LogP contribution in [0.2, 0.25) is 0 Å². The highest BCUT2D eigenvalue weighted by molar-refractivity contribution is 5.88. The normalized spacial score (nSPS) is 12.0. The molecule has 0 aliphatic carbocycles. The second-order valence-electron chi connectivity index (χ2n) is 6.69. The number of hydrogen-bond donors (Lipinski definition) is 4. The van der Waals surface area contributed by atoms with Crippen molar-refractivity contribution >= 4 is 28.9 Å². The lowest BCUT2D eigenvalue weighted by molar-refractivity contribution is -0.137.